The predicted molar refractivity (Wildman–Crippen MR) is 179 cm³/mol. The molecule has 0 saturated heterocycles. The molecule has 224 valence electrons. The number of nitrogens with zero attached hydrogens (tertiary/aromatic N) is 6. The van der Waals surface area contributed by atoms with Gasteiger partial charge in [-0.15, -0.1) is 0 Å². The minimum absolute atomic E-state index is 0.00934. The van der Waals surface area contributed by atoms with Crippen LogP contribution in [0.2, 0.25) is 0 Å². The van der Waals surface area contributed by atoms with E-state index in [0.717, 1.165) is 32.7 Å². The van der Waals surface area contributed by atoms with Crippen molar-refractivity contribution in [3.05, 3.63) is 125 Å². The number of sulfonamides is 1. The lowest BCUT2D eigenvalue weighted by Crippen LogP contribution is -2.12. The Morgan fingerprint density at radius 3 is 1.93 bits per heavy atom. The zero-order valence-electron chi connectivity index (χ0n) is 23.4. The van der Waals surface area contributed by atoms with E-state index in [1.807, 2.05) is 91.1 Å². The standard InChI is InChI=1S/C31H25BrN10O2S/c32-23-13-11-21(12-14-23)28-22(20-42(41-28)26-9-5-2-6-10-26)19-34-40-31-38-29(35-24-7-3-1-4-8-24)37-30(39-31)36-25-15-17-27(18-16-25)45(33,43)44/h1-20H,(H2,33,43,44)(H3,35,36,37,38,39,40)/b34-19+. The van der Waals surface area contributed by atoms with Crippen LogP contribution in [0, 0.1) is 0 Å². The lowest BCUT2D eigenvalue weighted by atomic mass is 10.1. The first-order chi connectivity index (χ1) is 21.8. The van der Waals surface area contributed by atoms with Crippen molar-refractivity contribution in [2.75, 3.05) is 16.1 Å². The summed E-state index contributed by atoms with van der Waals surface area (Å²) in [5.41, 5.74) is 7.54. The van der Waals surface area contributed by atoms with Crippen molar-refractivity contribution in [1.82, 2.24) is 24.7 Å². The molecule has 6 rings (SSSR count). The Morgan fingerprint density at radius 2 is 1.31 bits per heavy atom. The minimum atomic E-state index is -3.82. The third-order valence-electron chi connectivity index (χ3n) is 6.35. The van der Waals surface area contributed by atoms with Gasteiger partial charge in [-0.2, -0.15) is 25.2 Å². The van der Waals surface area contributed by atoms with Gasteiger partial charge in [0, 0.05) is 33.2 Å². The van der Waals surface area contributed by atoms with E-state index < -0.39 is 10.0 Å². The number of primary sulfonamides is 1. The molecule has 4 aromatic carbocycles. The fourth-order valence-electron chi connectivity index (χ4n) is 4.23. The van der Waals surface area contributed by atoms with Gasteiger partial charge in [0.05, 0.1) is 16.8 Å². The van der Waals surface area contributed by atoms with Gasteiger partial charge < -0.3 is 10.6 Å². The summed E-state index contributed by atoms with van der Waals surface area (Å²) in [4.78, 5) is 13.4. The molecule has 0 spiro atoms. The third kappa shape index (κ3) is 7.56. The maximum atomic E-state index is 11.6. The summed E-state index contributed by atoms with van der Waals surface area (Å²) in [6.07, 6.45) is 3.54. The van der Waals surface area contributed by atoms with Crippen LogP contribution in [0.15, 0.2) is 130 Å². The summed E-state index contributed by atoms with van der Waals surface area (Å²) in [7, 11) is -3.82. The van der Waals surface area contributed by atoms with Gasteiger partial charge in [0.25, 0.3) is 0 Å². The van der Waals surface area contributed by atoms with Gasteiger partial charge in [0.2, 0.25) is 27.9 Å². The molecule has 0 aliphatic rings. The average Bonchev–Trinajstić information content (AvgIpc) is 3.46. The summed E-state index contributed by atoms with van der Waals surface area (Å²) in [6.45, 7) is 0. The second-order valence-corrected chi connectivity index (χ2v) is 12.1. The van der Waals surface area contributed by atoms with Crippen LogP contribution in [0.4, 0.5) is 29.2 Å². The number of rotatable bonds is 10. The summed E-state index contributed by atoms with van der Waals surface area (Å²) in [5.74, 6) is 0.603. The molecule has 0 aliphatic carbocycles. The number of hydrogen-bond donors (Lipinski definition) is 4. The fraction of sp³-hybridized carbons (Fsp3) is 0. The number of hydrogen-bond acceptors (Lipinski definition) is 10. The van der Waals surface area contributed by atoms with Crippen LogP contribution in [0.3, 0.4) is 0 Å². The number of halogens is 1. The molecular weight excluding hydrogens is 656 g/mol. The molecule has 6 aromatic rings. The Balaban J connectivity index is 1.30. The van der Waals surface area contributed by atoms with E-state index in [4.69, 9.17) is 10.2 Å². The van der Waals surface area contributed by atoms with E-state index in [1.165, 1.54) is 12.1 Å². The largest absolute Gasteiger partial charge is 0.324 e. The smallest absolute Gasteiger partial charge is 0.250 e. The van der Waals surface area contributed by atoms with Crippen molar-refractivity contribution in [1.29, 1.82) is 0 Å². The number of hydrazone groups is 1. The highest BCUT2D eigenvalue weighted by molar-refractivity contribution is 9.10. The Bertz CT molecular complexity index is 2050. The van der Waals surface area contributed by atoms with E-state index in [9.17, 15) is 8.42 Å². The highest BCUT2D eigenvalue weighted by Crippen LogP contribution is 2.25. The second-order valence-electron chi connectivity index (χ2n) is 9.58. The van der Waals surface area contributed by atoms with Crippen molar-refractivity contribution in [2.24, 2.45) is 10.2 Å². The Labute approximate surface area is 267 Å². The maximum absolute atomic E-state index is 11.6. The Hall–Kier alpha value is -5.44. The molecule has 14 heteroatoms. The molecule has 0 fully saturated rings. The monoisotopic (exact) mass is 680 g/mol. The Kier molecular flexibility index (Phi) is 8.59. The first kappa shape index (κ1) is 29.6. The van der Waals surface area contributed by atoms with Crippen molar-refractivity contribution in [3.8, 4) is 16.9 Å². The molecule has 12 nitrogen and oxygen atoms in total. The fourth-order valence-corrected chi connectivity index (χ4v) is 5.01. The van der Waals surface area contributed by atoms with Gasteiger partial charge in [-0.05, 0) is 60.7 Å². The topological polar surface area (TPSA) is 165 Å². The van der Waals surface area contributed by atoms with E-state index in [-0.39, 0.29) is 22.7 Å². The quantitative estimate of drug-likeness (QED) is 0.0993. The van der Waals surface area contributed by atoms with Crippen LogP contribution in [-0.4, -0.2) is 39.4 Å². The first-order valence-corrected chi connectivity index (χ1v) is 15.8. The van der Waals surface area contributed by atoms with Gasteiger partial charge in [-0.1, -0.05) is 64.5 Å². The number of nitrogens with two attached hydrogens (primary N) is 1. The molecule has 45 heavy (non-hydrogen) atoms. The molecule has 0 amide bonds. The molecule has 0 aliphatic heterocycles. The zero-order valence-corrected chi connectivity index (χ0v) is 25.8. The molecule has 2 heterocycles. The van der Waals surface area contributed by atoms with Crippen molar-refractivity contribution in [3.63, 3.8) is 0 Å². The number of benzene rings is 4. The van der Waals surface area contributed by atoms with Crippen molar-refractivity contribution in [2.45, 2.75) is 4.90 Å². The molecule has 0 radical (unpaired) electrons. The van der Waals surface area contributed by atoms with Gasteiger partial charge in [0.15, 0.2) is 0 Å². The Morgan fingerprint density at radius 1 is 0.733 bits per heavy atom. The van der Waals surface area contributed by atoms with Crippen LogP contribution in [0.1, 0.15) is 5.56 Å². The summed E-state index contributed by atoms with van der Waals surface area (Å²) >= 11 is 3.49. The molecule has 0 saturated carbocycles. The van der Waals surface area contributed by atoms with E-state index in [2.05, 4.69) is 52.0 Å². The van der Waals surface area contributed by atoms with E-state index in [0.29, 0.717) is 5.69 Å². The second kappa shape index (κ2) is 13.1. The van der Waals surface area contributed by atoms with Gasteiger partial charge >= 0.3 is 0 Å². The molecule has 0 atom stereocenters. The van der Waals surface area contributed by atoms with Crippen molar-refractivity contribution < 1.29 is 8.42 Å². The number of aromatic nitrogens is 5. The molecule has 5 N–H and O–H groups in total. The lowest BCUT2D eigenvalue weighted by molar-refractivity contribution is 0.598. The first-order valence-electron chi connectivity index (χ1n) is 13.5. The van der Waals surface area contributed by atoms with Crippen LogP contribution in [0.25, 0.3) is 16.9 Å². The normalized spacial score (nSPS) is 11.4. The van der Waals surface area contributed by atoms with Gasteiger partial charge in [0.1, 0.15) is 5.69 Å². The number of anilines is 5. The predicted octanol–water partition coefficient (Wildman–Crippen LogP) is 6.07. The zero-order chi connectivity index (χ0) is 31.2. The van der Waals surface area contributed by atoms with Crippen LogP contribution in [-0.2, 0) is 10.0 Å². The van der Waals surface area contributed by atoms with Crippen LogP contribution in [0.5, 0.6) is 0 Å². The van der Waals surface area contributed by atoms with Gasteiger partial charge in [-0.3, -0.25) is 0 Å². The molecular formula is C31H25BrN10O2S. The molecule has 0 unspecified atom stereocenters. The molecule has 0 bridgehead atoms. The summed E-state index contributed by atoms with van der Waals surface area (Å²) in [6, 6.07) is 33.0. The summed E-state index contributed by atoms with van der Waals surface area (Å²) < 4.78 is 26.1. The van der Waals surface area contributed by atoms with Crippen LogP contribution >= 0.6 is 15.9 Å². The highest BCUT2D eigenvalue weighted by atomic mass is 79.9. The number of para-hydroxylation sites is 2. The SMILES string of the molecule is NS(=O)(=O)c1ccc(Nc2nc(N/N=C/c3cn(-c4ccccc4)nc3-c3ccc(Br)cc3)nc(Nc3ccccc3)n2)cc1. The lowest BCUT2D eigenvalue weighted by Gasteiger charge is -2.10. The summed E-state index contributed by atoms with van der Waals surface area (Å²) in [5, 5.41) is 20.7. The van der Waals surface area contributed by atoms with Crippen LogP contribution < -0.4 is 21.2 Å². The van der Waals surface area contributed by atoms with E-state index in [1.54, 1.807) is 23.0 Å². The van der Waals surface area contributed by atoms with E-state index >= 15 is 0 Å². The third-order valence-corrected chi connectivity index (χ3v) is 7.81. The minimum Gasteiger partial charge on any atom is -0.324 e. The van der Waals surface area contributed by atoms with Crippen molar-refractivity contribution >= 4 is 61.4 Å². The molecule has 2 aromatic heterocycles. The van der Waals surface area contributed by atoms with Gasteiger partial charge in [-0.25, -0.2) is 23.7 Å². The highest BCUT2D eigenvalue weighted by Gasteiger charge is 2.13. The number of nitrogens with one attached hydrogen (secondary N) is 3. The maximum Gasteiger partial charge on any atom is 0.250 e. The average molecular weight is 682 g/mol.